The molecule has 0 bridgehead atoms. The Balaban J connectivity index is 2.19. The largest absolute Gasteiger partial charge is 0.320 e. The van der Waals surface area contributed by atoms with Crippen LogP contribution >= 0.6 is 0 Å². The first-order valence-corrected chi connectivity index (χ1v) is 7.11. The highest BCUT2D eigenvalue weighted by molar-refractivity contribution is 5.92. The molecular weight excluding hydrogens is 248 g/mol. The van der Waals surface area contributed by atoms with Gasteiger partial charge in [0.1, 0.15) is 5.69 Å². The molecule has 0 spiro atoms. The van der Waals surface area contributed by atoms with Crippen molar-refractivity contribution in [2.24, 2.45) is 5.41 Å². The summed E-state index contributed by atoms with van der Waals surface area (Å²) in [7, 11) is 0. The van der Waals surface area contributed by atoms with E-state index in [4.69, 9.17) is 0 Å². The van der Waals surface area contributed by atoms with Gasteiger partial charge < -0.3 is 4.57 Å². The van der Waals surface area contributed by atoms with Crippen LogP contribution < -0.4 is 0 Å². The van der Waals surface area contributed by atoms with Crippen LogP contribution in [0.1, 0.15) is 54.8 Å². The minimum Gasteiger partial charge on any atom is -0.320 e. The number of carbonyl (C=O) groups excluding carboxylic acids is 1. The fourth-order valence-electron chi connectivity index (χ4n) is 3.35. The summed E-state index contributed by atoms with van der Waals surface area (Å²) < 4.78 is 2.06. The smallest absolute Gasteiger partial charge is 0.177 e. The second kappa shape index (κ2) is 4.58. The fourth-order valence-corrected chi connectivity index (χ4v) is 3.35. The Hall–Kier alpha value is -1.90. The molecule has 1 aromatic carbocycles. The van der Waals surface area contributed by atoms with Crippen molar-refractivity contribution in [3.05, 3.63) is 53.6 Å². The Morgan fingerprint density at radius 1 is 1.35 bits per heavy atom. The van der Waals surface area contributed by atoms with Gasteiger partial charge in [-0.2, -0.15) is 0 Å². The molecular formula is C17H20N2O. The molecule has 0 radical (unpaired) electrons. The van der Waals surface area contributed by atoms with Crippen molar-refractivity contribution in [2.45, 2.75) is 39.7 Å². The van der Waals surface area contributed by atoms with Gasteiger partial charge in [0.2, 0.25) is 0 Å². The lowest BCUT2D eigenvalue weighted by atomic mass is 9.70. The van der Waals surface area contributed by atoms with Crippen molar-refractivity contribution < 1.29 is 4.79 Å². The van der Waals surface area contributed by atoms with Crippen LogP contribution in [0.4, 0.5) is 0 Å². The molecule has 1 heterocycles. The molecule has 104 valence electrons. The van der Waals surface area contributed by atoms with E-state index in [1.165, 1.54) is 11.1 Å². The van der Waals surface area contributed by atoms with Gasteiger partial charge in [-0.05, 0) is 29.4 Å². The van der Waals surface area contributed by atoms with Crippen molar-refractivity contribution in [3.8, 4) is 0 Å². The van der Waals surface area contributed by atoms with Gasteiger partial charge >= 0.3 is 0 Å². The summed E-state index contributed by atoms with van der Waals surface area (Å²) in [5.41, 5.74) is 3.52. The van der Waals surface area contributed by atoms with Crippen molar-refractivity contribution in [1.29, 1.82) is 0 Å². The number of imidazole rings is 1. The monoisotopic (exact) mass is 268 g/mol. The van der Waals surface area contributed by atoms with E-state index in [0.29, 0.717) is 5.69 Å². The molecule has 20 heavy (non-hydrogen) atoms. The van der Waals surface area contributed by atoms with Gasteiger partial charge in [-0.3, -0.25) is 4.79 Å². The second-order valence-electron chi connectivity index (χ2n) is 6.33. The third-order valence-electron chi connectivity index (χ3n) is 4.43. The number of rotatable bonds is 2. The van der Waals surface area contributed by atoms with E-state index in [9.17, 15) is 4.79 Å². The van der Waals surface area contributed by atoms with Gasteiger partial charge in [-0.1, -0.05) is 38.1 Å². The second-order valence-corrected chi connectivity index (χ2v) is 6.33. The number of hydrogen-bond acceptors (Lipinski definition) is 2. The predicted molar refractivity (Wildman–Crippen MR) is 78.9 cm³/mol. The third kappa shape index (κ3) is 1.98. The summed E-state index contributed by atoms with van der Waals surface area (Å²) in [4.78, 5) is 16.0. The topological polar surface area (TPSA) is 34.9 Å². The van der Waals surface area contributed by atoms with Crippen LogP contribution in [0.25, 0.3) is 0 Å². The molecule has 3 heteroatoms. The molecule has 1 aromatic heterocycles. The molecule has 0 saturated heterocycles. The first kappa shape index (κ1) is 13.1. The molecule has 0 N–H and O–H groups in total. The minimum absolute atomic E-state index is 0.0707. The van der Waals surface area contributed by atoms with Crippen LogP contribution in [0.3, 0.4) is 0 Å². The first-order valence-electron chi connectivity index (χ1n) is 7.11. The lowest BCUT2D eigenvalue weighted by molar-refractivity contribution is 0.0996. The zero-order chi connectivity index (χ0) is 14.3. The number of Topliss-reactive ketones (excluding diaryl/α,β-unsaturated/α-hetero) is 1. The molecule has 0 fully saturated rings. The maximum Gasteiger partial charge on any atom is 0.177 e. The standard InChI is InChI=1S/C17H20N2O/c1-12(20)15-10-18-11-19(15)16-14-7-5-4-6-13(14)8-9-17(16,2)3/h4-7,10-11,16H,8-9H2,1-3H3. The zero-order valence-corrected chi connectivity index (χ0v) is 12.3. The van der Waals surface area contributed by atoms with E-state index in [1.807, 2.05) is 0 Å². The molecule has 0 saturated carbocycles. The van der Waals surface area contributed by atoms with Crippen LogP contribution in [0.2, 0.25) is 0 Å². The average molecular weight is 268 g/mol. The van der Waals surface area contributed by atoms with Gasteiger partial charge in [0.25, 0.3) is 0 Å². The summed E-state index contributed by atoms with van der Waals surface area (Å²) in [6.07, 6.45) is 5.69. The van der Waals surface area contributed by atoms with Crippen LogP contribution in [-0.2, 0) is 6.42 Å². The normalized spacial score (nSPS) is 20.4. The lowest BCUT2D eigenvalue weighted by Crippen LogP contribution is -2.34. The number of ketones is 1. The van der Waals surface area contributed by atoms with E-state index in [0.717, 1.165) is 12.8 Å². The SMILES string of the molecule is CC(=O)c1cncn1C1c2ccccc2CCC1(C)C. The van der Waals surface area contributed by atoms with Crippen LogP contribution in [0.15, 0.2) is 36.8 Å². The average Bonchev–Trinajstić information content (AvgIpc) is 2.86. The van der Waals surface area contributed by atoms with E-state index in [1.54, 1.807) is 19.4 Å². The van der Waals surface area contributed by atoms with Crippen LogP contribution in [-0.4, -0.2) is 15.3 Å². The minimum atomic E-state index is 0.0707. The highest BCUT2D eigenvalue weighted by Crippen LogP contribution is 2.46. The van der Waals surface area contributed by atoms with Crippen molar-refractivity contribution in [3.63, 3.8) is 0 Å². The number of hydrogen-bond donors (Lipinski definition) is 0. The fraction of sp³-hybridized carbons (Fsp3) is 0.412. The molecule has 3 nitrogen and oxygen atoms in total. The Morgan fingerprint density at radius 2 is 2.10 bits per heavy atom. The molecule has 0 amide bonds. The molecule has 1 aliphatic carbocycles. The number of fused-ring (bicyclic) bond motifs is 1. The first-order chi connectivity index (χ1) is 9.50. The Bertz CT molecular complexity index is 655. The van der Waals surface area contributed by atoms with Gasteiger partial charge in [0.15, 0.2) is 5.78 Å². The molecule has 3 rings (SSSR count). The van der Waals surface area contributed by atoms with E-state index < -0.39 is 0 Å². The Kier molecular flexibility index (Phi) is 3.00. The van der Waals surface area contributed by atoms with Crippen LogP contribution in [0, 0.1) is 5.41 Å². The van der Waals surface area contributed by atoms with Crippen molar-refractivity contribution >= 4 is 5.78 Å². The number of carbonyl (C=O) groups is 1. The summed E-state index contributed by atoms with van der Waals surface area (Å²) in [6.45, 7) is 6.16. The van der Waals surface area contributed by atoms with Gasteiger partial charge in [-0.15, -0.1) is 0 Å². The summed E-state index contributed by atoms with van der Waals surface area (Å²) in [5.74, 6) is 0.0707. The molecule has 1 aliphatic rings. The number of aromatic nitrogens is 2. The Morgan fingerprint density at radius 3 is 2.85 bits per heavy atom. The maximum absolute atomic E-state index is 11.8. The predicted octanol–water partition coefficient (Wildman–Crippen LogP) is 3.65. The molecule has 1 unspecified atom stereocenters. The van der Waals surface area contributed by atoms with Gasteiger partial charge in [0.05, 0.1) is 18.6 Å². The third-order valence-corrected chi connectivity index (χ3v) is 4.43. The molecule has 1 atom stereocenters. The Labute approximate surface area is 119 Å². The number of aryl methyl sites for hydroxylation is 1. The molecule has 2 aromatic rings. The summed E-state index contributed by atoms with van der Waals surface area (Å²) in [6, 6.07) is 8.73. The highest BCUT2D eigenvalue weighted by atomic mass is 16.1. The lowest BCUT2D eigenvalue weighted by Gasteiger charge is -2.41. The van der Waals surface area contributed by atoms with E-state index in [2.05, 4.69) is 47.7 Å². The quantitative estimate of drug-likeness (QED) is 0.779. The van der Waals surface area contributed by atoms with Gasteiger partial charge in [-0.25, -0.2) is 4.98 Å². The summed E-state index contributed by atoms with van der Waals surface area (Å²) in [5, 5.41) is 0. The zero-order valence-electron chi connectivity index (χ0n) is 12.3. The van der Waals surface area contributed by atoms with Crippen molar-refractivity contribution in [2.75, 3.05) is 0 Å². The maximum atomic E-state index is 11.8. The summed E-state index contributed by atoms with van der Waals surface area (Å²) >= 11 is 0. The number of benzene rings is 1. The highest BCUT2D eigenvalue weighted by Gasteiger charge is 2.38. The van der Waals surface area contributed by atoms with Crippen molar-refractivity contribution in [1.82, 2.24) is 9.55 Å². The van der Waals surface area contributed by atoms with E-state index >= 15 is 0 Å². The van der Waals surface area contributed by atoms with Crippen LogP contribution in [0.5, 0.6) is 0 Å². The van der Waals surface area contributed by atoms with Gasteiger partial charge in [0, 0.05) is 6.92 Å². The number of nitrogens with zero attached hydrogens (tertiary/aromatic N) is 2. The molecule has 0 aliphatic heterocycles. The van der Waals surface area contributed by atoms with E-state index in [-0.39, 0.29) is 17.2 Å².